The first kappa shape index (κ1) is 12.8. The van der Waals surface area contributed by atoms with Gasteiger partial charge in [0, 0.05) is 18.2 Å². The summed E-state index contributed by atoms with van der Waals surface area (Å²) in [6.07, 6.45) is 1.94. The van der Waals surface area contributed by atoms with Crippen molar-refractivity contribution in [3.63, 3.8) is 0 Å². The molecule has 0 aliphatic heterocycles. The highest BCUT2D eigenvalue weighted by Gasteiger charge is 2.08. The van der Waals surface area contributed by atoms with Crippen LogP contribution >= 0.6 is 11.6 Å². The molecule has 3 heteroatoms. The standard InChI is InChI=1S/C15H14ClNO/c1-10-3-4-12(7-11(10)2)8-14(18)13-5-6-17-15(16)9-13/h3-7,9H,8H2,1-2H3. The Labute approximate surface area is 112 Å². The summed E-state index contributed by atoms with van der Waals surface area (Å²) in [6.45, 7) is 4.11. The monoisotopic (exact) mass is 259 g/mol. The predicted octanol–water partition coefficient (Wildman–Crippen LogP) is 3.78. The van der Waals surface area contributed by atoms with Crippen molar-refractivity contribution >= 4 is 17.4 Å². The third-order valence-corrected chi connectivity index (χ3v) is 3.19. The molecule has 0 unspecified atom stereocenters. The lowest BCUT2D eigenvalue weighted by atomic mass is 10.0. The molecule has 0 N–H and O–H groups in total. The zero-order valence-electron chi connectivity index (χ0n) is 10.4. The molecule has 0 spiro atoms. The summed E-state index contributed by atoms with van der Waals surface area (Å²) in [5.41, 5.74) is 4.07. The molecular formula is C15H14ClNO. The van der Waals surface area contributed by atoms with Gasteiger partial charge in [-0.3, -0.25) is 4.79 Å². The van der Waals surface area contributed by atoms with Crippen LogP contribution in [0.1, 0.15) is 27.0 Å². The van der Waals surface area contributed by atoms with Gasteiger partial charge in [0.15, 0.2) is 5.78 Å². The molecule has 0 atom stereocenters. The Morgan fingerprint density at radius 3 is 2.61 bits per heavy atom. The van der Waals surface area contributed by atoms with Gasteiger partial charge in [-0.25, -0.2) is 4.98 Å². The van der Waals surface area contributed by atoms with Crippen molar-refractivity contribution in [2.45, 2.75) is 20.3 Å². The van der Waals surface area contributed by atoms with Crippen LogP contribution in [0.15, 0.2) is 36.5 Å². The van der Waals surface area contributed by atoms with Crippen LogP contribution in [0, 0.1) is 13.8 Å². The van der Waals surface area contributed by atoms with Crippen LogP contribution in [-0.2, 0) is 6.42 Å². The molecule has 0 saturated carbocycles. The number of nitrogens with zero attached hydrogens (tertiary/aromatic N) is 1. The van der Waals surface area contributed by atoms with Crippen LogP contribution < -0.4 is 0 Å². The molecule has 0 aliphatic rings. The number of halogens is 1. The van der Waals surface area contributed by atoms with Gasteiger partial charge in [0.25, 0.3) is 0 Å². The number of aromatic nitrogens is 1. The van der Waals surface area contributed by atoms with Crippen LogP contribution in [0.4, 0.5) is 0 Å². The molecule has 2 rings (SSSR count). The smallest absolute Gasteiger partial charge is 0.167 e. The minimum absolute atomic E-state index is 0.0579. The Kier molecular flexibility index (Phi) is 3.78. The number of ketones is 1. The molecule has 0 fully saturated rings. The lowest BCUT2D eigenvalue weighted by molar-refractivity contribution is 0.0993. The van der Waals surface area contributed by atoms with Gasteiger partial charge in [0.1, 0.15) is 5.15 Å². The van der Waals surface area contributed by atoms with E-state index >= 15 is 0 Å². The van der Waals surface area contributed by atoms with E-state index in [0.29, 0.717) is 17.1 Å². The molecule has 0 saturated heterocycles. The van der Waals surface area contributed by atoms with Gasteiger partial charge in [-0.2, -0.15) is 0 Å². The van der Waals surface area contributed by atoms with Gasteiger partial charge in [-0.1, -0.05) is 29.8 Å². The Hall–Kier alpha value is -1.67. The second-order valence-corrected chi connectivity index (χ2v) is 4.77. The number of hydrogen-bond acceptors (Lipinski definition) is 2. The SMILES string of the molecule is Cc1ccc(CC(=O)c2ccnc(Cl)c2)cc1C. The second kappa shape index (κ2) is 5.32. The maximum Gasteiger partial charge on any atom is 0.167 e. The van der Waals surface area contributed by atoms with Crippen molar-refractivity contribution in [1.82, 2.24) is 4.98 Å². The van der Waals surface area contributed by atoms with E-state index in [-0.39, 0.29) is 5.78 Å². The van der Waals surface area contributed by atoms with Crippen LogP contribution in [0.3, 0.4) is 0 Å². The van der Waals surface area contributed by atoms with E-state index < -0.39 is 0 Å². The number of aryl methyl sites for hydroxylation is 2. The molecule has 0 amide bonds. The van der Waals surface area contributed by atoms with Gasteiger partial charge in [0.2, 0.25) is 0 Å². The molecule has 2 aromatic rings. The van der Waals surface area contributed by atoms with E-state index in [4.69, 9.17) is 11.6 Å². The fourth-order valence-electron chi connectivity index (χ4n) is 1.78. The number of rotatable bonds is 3. The predicted molar refractivity (Wildman–Crippen MR) is 73.2 cm³/mol. The van der Waals surface area contributed by atoms with E-state index in [2.05, 4.69) is 18.0 Å². The van der Waals surface area contributed by atoms with Gasteiger partial charge in [0.05, 0.1) is 0 Å². The summed E-state index contributed by atoms with van der Waals surface area (Å²) >= 11 is 5.77. The lowest BCUT2D eigenvalue weighted by Gasteiger charge is -2.05. The topological polar surface area (TPSA) is 30.0 Å². The number of carbonyl (C=O) groups is 1. The van der Waals surface area contributed by atoms with E-state index in [1.807, 2.05) is 19.1 Å². The Bertz CT molecular complexity index is 593. The van der Waals surface area contributed by atoms with Gasteiger partial charge < -0.3 is 0 Å². The van der Waals surface area contributed by atoms with E-state index in [9.17, 15) is 4.79 Å². The maximum atomic E-state index is 12.1. The van der Waals surface area contributed by atoms with Crippen molar-refractivity contribution in [1.29, 1.82) is 0 Å². The van der Waals surface area contributed by atoms with E-state index in [1.165, 1.54) is 11.1 Å². The minimum Gasteiger partial charge on any atom is -0.294 e. The molecule has 1 heterocycles. The molecule has 0 aliphatic carbocycles. The number of pyridine rings is 1. The van der Waals surface area contributed by atoms with E-state index in [0.717, 1.165) is 5.56 Å². The van der Waals surface area contributed by atoms with Crippen molar-refractivity contribution in [3.8, 4) is 0 Å². The fourth-order valence-corrected chi connectivity index (χ4v) is 1.95. The Morgan fingerprint density at radius 2 is 1.94 bits per heavy atom. The van der Waals surface area contributed by atoms with Gasteiger partial charge >= 0.3 is 0 Å². The van der Waals surface area contributed by atoms with Gasteiger partial charge in [-0.15, -0.1) is 0 Å². The number of Topliss-reactive ketones (excluding diaryl/α,β-unsaturated/α-hetero) is 1. The quantitative estimate of drug-likeness (QED) is 0.620. The fraction of sp³-hybridized carbons (Fsp3) is 0.200. The van der Waals surface area contributed by atoms with Crippen LogP contribution in [0.5, 0.6) is 0 Å². The number of hydrogen-bond donors (Lipinski definition) is 0. The van der Waals surface area contributed by atoms with Crippen molar-refractivity contribution in [2.24, 2.45) is 0 Å². The Morgan fingerprint density at radius 1 is 1.17 bits per heavy atom. The van der Waals surface area contributed by atoms with E-state index in [1.54, 1.807) is 18.3 Å². The maximum absolute atomic E-state index is 12.1. The first-order chi connectivity index (χ1) is 8.56. The number of benzene rings is 1. The molecular weight excluding hydrogens is 246 g/mol. The average Bonchev–Trinajstić information content (AvgIpc) is 2.34. The molecule has 1 aromatic carbocycles. The lowest BCUT2D eigenvalue weighted by Crippen LogP contribution is -2.04. The molecule has 2 nitrogen and oxygen atoms in total. The van der Waals surface area contributed by atoms with Crippen molar-refractivity contribution in [3.05, 3.63) is 63.9 Å². The highest BCUT2D eigenvalue weighted by atomic mass is 35.5. The zero-order valence-corrected chi connectivity index (χ0v) is 11.2. The summed E-state index contributed by atoms with van der Waals surface area (Å²) in [7, 11) is 0. The summed E-state index contributed by atoms with van der Waals surface area (Å²) < 4.78 is 0. The van der Waals surface area contributed by atoms with Crippen molar-refractivity contribution < 1.29 is 4.79 Å². The highest BCUT2D eigenvalue weighted by molar-refractivity contribution is 6.29. The first-order valence-electron chi connectivity index (χ1n) is 5.77. The molecule has 92 valence electrons. The summed E-state index contributed by atoms with van der Waals surface area (Å²) in [4.78, 5) is 15.9. The first-order valence-corrected chi connectivity index (χ1v) is 6.15. The molecule has 0 radical (unpaired) electrons. The summed E-state index contributed by atoms with van der Waals surface area (Å²) in [6, 6.07) is 9.37. The molecule has 18 heavy (non-hydrogen) atoms. The summed E-state index contributed by atoms with van der Waals surface area (Å²) in [5.74, 6) is 0.0579. The zero-order chi connectivity index (χ0) is 13.1. The second-order valence-electron chi connectivity index (χ2n) is 4.39. The van der Waals surface area contributed by atoms with Crippen molar-refractivity contribution in [2.75, 3.05) is 0 Å². The largest absolute Gasteiger partial charge is 0.294 e. The normalized spacial score (nSPS) is 10.4. The molecule has 1 aromatic heterocycles. The van der Waals surface area contributed by atoms with Crippen LogP contribution in [-0.4, -0.2) is 10.8 Å². The van der Waals surface area contributed by atoms with Gasteiger partial charge in [-0.05, 0) is 42.7 Å². The average molecular weight is 260 g/mol. The Balaban J connectivity index is 2.18. The minimum atomic E-state index is 0.0579. The molecule has 0 bridgehead atoms. The number of carbonyl (C=O) groups excluding carboxylic acids is 1. The summed E-state index contributed by atoms with van der Waals surface area (Å²) in [5, 5.41) is 0.348. The van der Waals surface area contributed by atoms with Crippen LogP contribution in [0.25, 0.3) is 0 Å². The third-order valence-electron chi connectivity index (χ3n) is 2.98. The van der Waals surface area contributed by atoms with Crippen LogP contribution in [0.2, 0.25) is 5.15 Å². The third kappa shape index (κ3) is 2.96. The highest BCUT2D eigenvalue weighted by Crippen LogP contribution is 2.14.